The molecule has 5 nitrogen and oxygen atoms in total. The van der Waals surface area contributed by atoms with Gasteiger partial charge in [-0.05, 0) is 25.0 Å². The fourth-order valence-electron chi connectivity index (χ4n) is 2.19. The molecule has 1 atom stereocenters. The quantitative estimate of drug-likeness (QED) is 0.842. The molecule has 0 amide bonds. The lowest BCUT2D eigenvalue weighted by molar-refractivity contribution is 0.190. The molecule has 5 heteroatoms. The van der Waals surface area contributed by atoms with Crippen molar-refractivity contribution >= 4 is 5.95 Å². The van der Waals surface area contributed by atoms with Crippen molar-refractivity contribution in [2.75, 3.05) is 19.0 Å². The summed E-state index contributed by atoms with van der Waals surface area (Å²) < 4.78 is 7.21. The summed E-state index contributed by atoms with van der Waals surface area (Å²) in [5.41, 5.74) is 2.37. The van der Waals surface area contributed by atoms with Crippen LogP contribution in [0.15, 0.2) is 30.7 Å². The highest BCUT2D eigenvalue weighted by Gasteiger charge is 2.09. The Morgan fingerprint density at radius 1 is 1.35 bits per heavy atom. The van der Waals surface area contributed by atoms with E-state index >= 15 is 0 Å². The first-order chi connectivity index (χ1) is 9.74. The number of rotatable bonds is 7. The molecule has 1 unspecified atom stereocenters. The van der Waals surface area contributed by atoms with Gasteiger partial charge in [-0.1, -0.05) is 13.0 Å². The smallest absolute Gasteiger partial charge is 0.203 e. The van der Waals surface area contributed by atoms with Gasteiger partial charge in [0.25, 0.3) is 0 Å². The third-order valence-corrected chi connectivity index (χ3v) is 3.19. The molecule has 0 aromatic carbocycles. The van der Waals surface area contributed by atoms with E-state index < -0.39 is 0 Å². The Labute approximate surface area is 120 Å². The molecule has 2 aromatic heterocycles. The van der Waals surface area contributed by atoms with Gasteiger partial charge in [-0.3, -0.25) is 4.98 Å². The van der Waals surface area contributed by atoms with E-state index in [4.69, 9.17) is 4.74 Å². The number of nitrogens with one attached hydrogen (secondary N) is 1. The number of aromatic nitrogens is 3. The molecule has 0 radical (unpaired) electrons. The summed E-state index contributed by atoms with van der Waals surface area (Å²) in [6, 6.07) is 4.33. The molecule has 0 saturated carbocycles. The summed E-state index contributed by atoms with van der Waals surface area (Å²) in [6.07, 6.45) is 6.60. The van der Waals surface area contributed by atoms with Crippen LogP contribution < -0.4 is 5.32 Å². The number of methoxy groups -OCH3 is 1. The maximum atomic E-state index is 5.14. The van der Waals surface area contributed by atoms with Crippen LogP contribution in [0.5, 0.6) is 0 Å². The van der Waals surface area contributed by atoms with Crippen molar-refractivity contribution < 1.29 is 4.74 Å². The molecule has 0 aliphatic heterocycles. The number of aryl methyl sites for hydroxylation is 1. The number of ether oxygens (including phenoxy) is 1. The second-order valence-electron chi connectivity index (χ2n) is 4.84. The van der Waals surface area contributed by atoms with Gasteiger partial charge in [0.05, 0.1) is 18.8 Å². The molecule has 20 heavy (non-hydrogen) atoms. The van der Waals surface area contributed by atoms with E-state index in [-0.39, 0.29) is 6.04 Å². The van der Waals surface area contributed by atoms with Crippen LogP contribution in [0.25, 0.3) is 0 Å². The van der Waals surface area contributed by atoms with Gasteiger partial charge in [-0.15, -0.1) is 0 Å². The Bertz CT molecular complexity index is 538. The lowest BCUT2D eigenvalue weighted by Gasteiger charge is -2.15. The summed E-state index contributed by atoms with van der Waals surface area (Å²) in [7, 11) is 1.70. The first kappa shape index (κ1) is 14.5. The normalized spacial score (nSPS) is 12.3. The predicted molar refractivity (Wildman–Crippen MR) is 79.9 cm³/mol. The highest BCUT2D eigenvalue weighted by atomic mass is 16.5. The fraction of sp³-hybridized carbons (Fsp3) is 0.467. The Balaban J connectivity index is 2.12. The average molecular weight is 274 g/mol. The van der Waals surface area contributed by atoms with E-state index in [0.717, 1.165) is 24.6 Å². The summed E-state index contributed by atoms with van der Waals surface area (Å²) >= 11 is 0. The third kappa shape index (κ3) is 3.57. The van der Waals surface area contributed by atoms with Crippen LogP contribution in [-0.4, -0.2) is 34.3 Å². The first-order valence-corrected chi connectivity index (χ1v) is 6.94. The van der Waals surface area contributed by atoms with Crippen molar-refractivity contribution in [3.8, 4) is 0 Å². The van der Waals surface area contributed by atoms with E-state index in [9.17, 15) is 0 Å². The number of hydrogen-bond acceptors (Lipinski definition) is 4. The van der Waals surface area contributed by atoms with Gasteiger partial charge in [0.1, 0.15) is 0 Å². The maximum absolute atomic E-state index is 5.14. The Kier molecular flexibility index (Phi) is 5.12. The van der Waals surface area contributed by atoms with Gasteiger partial charge in [0.15, 0.2) is 0 Å². The minimum absolute atomic E-state index is 0.218. The highest BCUT2D eigenvalue weighted by molar-refractivity contribution is 5.29. The lowest BCUT2D eigenvalue weighted by Crippen LogP contribution is -2.23. The van der Waals surface area contributed by atoms with Gasteiger partial charge in [-0.25, -0.2) is 4.98 Å². The number of nitrogens with zero attached hydrogens (tertiary/aromatic N) is 3. The molecule has 0 aliphatic carbocycles. The first-order valence-electron chi connectivity index (χ1n) is 6.94. The van der Waals surface area contributed by atoms with Gasteiger partial charge >= 0.3 is 0 Å². The minimum Gasteiger partial charge on any atom is -0.383 e. The van der Waals surface area contributed by atoms with Crippen molar-refractivity contribution in [3.63, 3.8) is 0 Å². The van der Waals surface area contributed by atoms with Crippen molar-refractivity contribution in [2.24, 2.45) is 0 Å². The molecule has 0 saturated heterocycles. The van der Waals surface area contributed by atoms with E-state index in [2.05, 4.69) is 39.8 Å². The van der Waals surface area contributed by atoms with Gasteiger partial charge < -0.3 is 14.6 Å². The largest absolute Gasteiger partial charge is 0.383 e. The Morgan fingerprint density at radius 2 is 2.20 bits per heavy atom. The van der Waals surface area contributed by atoms with Crippen LogP contribution in [0.2, 0.25) is 0 Å². The van der Waals surface area contributed by atoms with Crippen LogP contribution in [0.3, 0.4) is 0 Å². The second-order valence-corrected chi connectivity index (χ2v) is 4.84. The van der Waals surface area contributed by atoms with Crippen LogP contribution in [0.1, 0.15) is 25.1 Å². The summed E-state index contributed by atoms with van der Waals surface area (Å²) in [5.74, 6) is 0.849. The van der Waals surface area contributed by atoms with Crippen molar-refractivity contribution in [2.45, 2.75) is 32.9 Å². The zero-order valence-corrected chi connectivity index (χ0v) is 12.3. The number of hydrogen-bond donors (Lipinski definition) is 1. The van der Waals surface area contributed by atoms with Crippen LogP contribution >= 0.6 is 0 Å². The van der Waals surface area contributed by atoms with E-state index in [1.54, 1.807) is 13.3 Å². The maximum Gasteiger partial charge on any atom is 0.203 e. The molecular weight excluding hydrogens is 252 g/mol. The molecule has 0 spiro atoms. The highest BCUT2D eigenvalue weighted by Crippen LogP contribution is 2.12. The fourth-order valence-corrected chi connectivity index (χ4v) is 2.19. The number of pyridine rings is 1. The molecule has 2 heterocycles. The van der Waals surface area contributed by atoms with Crippen molar-refractivity contribution in [1.82, 2.24) is 14.5 Å². The van der Waals surface area contributed by atoms with Gasteiger partial charge in [0.2, 0.25) is 5.95 Å². The molecule has 108 valence electrons. The lowest BCUT2D eigenvalue weighted by atomic mass is 10.1. The van der Waals surface area contributed by atoms with Crippen LogP contribution in [0, 0.1) is 0 Å². The van der Waals surface area contributed by atoms with Crippen LogP contribution in [-0.2, 0) is 17.7 Å². The third-order valence-electron chi connectivity index (χ3n) is 3.19. The monoisotopic (exact) mass is 274 g/mol. The molecule has 0 bridgehead atoms. The predicted octanol–water partition coefficient (Wildman–Crippen LogP) is 2.34. The van der Waals surface area contributed by atoms with E-state index in [0.29, 0.717) is 6.61 Å². The summed E-state index contributed by atoms with van der Waals surface area (Å²) in [4.78, 5) is 8.84. The summed E-state index contributed by atoms with van der Waals surface area (Å²) in [6.45, 7) is 5.59. The topological polar surface area (TPSA) is 52.0 Å². The Hall–Kier alpha value is -1.88. The molecule has 0 aliphatic rings. The minimum atomic E-state index is 0.218. The van der Waals surface area contributed by atoms with E-state index in [1.807, 2.05) is 18.5 Å². The zero-order chi connectivity index (χ0) is 14.4. The van der Waals surface area contributed by atoms with Crippen molar-refractivity contribution in [3.05, 3.63) is 42.0 Å². The molecule has 2 aromatic rings. The Morgan fingerprint density at radius 3 is 2.95 bits per heavy atom. The van der Waals surface area contributed by atoms with Crippen LogP contribution in [0.4, 0.5) is 5.95 Å². The van der Waals surface area contributed by atoms with Gasteiger partial charge in [0, 0.05) is 31.7 Å². The zero-order valence-electron chi connectivity index (χ0n) is 12.3. The molecule has 1 N–H and O–H groups in total. The van der Waals surface area contributed by atoms with E-state index in [1.165, 1.54) is 5.56 Å². The number of imidazole rings is 1. The van der Waals surface area contributed by atoms with Gasteiger partial charge in [-0.2, -0.15) is 0 Å². The molecular formula is C15H22N4O. The molecule has 2 rings (SSSR count). The van der Waals surface area contributed by atoms with Crippen molar-refractivity contribution in [1.29, 1.82) is 0 Å². The number of anilines is 1. The second kappa shape index (κ2) is 7.05. The standard InChI is InChI=1S/C15H22N4O/c1-4-13-6-5-7-16-14(13)10-19-9-8-17-15(19)18-12(2)11-20-3/h5-9,12H,4,10-11H2,1-3H3,(H,17,18). The molecule has 0 fully saturated rings. The SMILES string of the molecule is CCc1cccnc1Cn1ccnc1NC(C)COC. The summed E-state index contributed by atoms with van der Waals surface area (Å²) in [5, 5.41) is 3.35. The average Bonchev–Trinajstić information content (AvgIpc) is 2.87.